The lowest BCUT2D eigenvalue weighted by Crippen LogP contribution is -2.43. The average molecular weight is 271 g/mol. The van der Waals surface area contributed by atoms with E-state index in [4.69, 9.17) is 0 Å². The normalized spacial score (nSPS) is 18.2. The van der Waals surface area contributed by atoms with Gasteiger partial charge in [-0.15, -0.1) is 0 Å². The number of rotatable bonds is 4. The third-order valence-electron chi connectivity index (χ3n) is 3.49. The summed E-state index contributed by atoms with van der Waals surface area (Å²) in [7, 11) is 0. The molecule has 0 spiro atoms. The molecule has 0 bridgehead atoms. The van der Waals surface area contributed by atoms with Crippen molar-refractivity contribution in [2.24, 2.45) is 0 Å². The van der Waals surface area contributed by atoms with Crippen LogP contribution < -0.4 is 10.2 Å². The van der Waals surface area contributed by atoms with Gasteiger partial charge >= 0.3 is 0 Å². The van der Waals surface area contributed by atoms with Crippen molar-refractivity contribution >= 4 is 11.9 Å². The maximum atomic E-state index is 12.3. The number of anilines is 1. The highest BCUT2D eigenvalue weighted by molar-refractivity contribution is 5.85. The molecule has 1 atom stereocenters. The van der Waals surface area contributed by atoms with Crippen molar-refractivity contribution in [1.82, 2.24) is 20.3 Å². The molecule has 1 unspecified atom stereocenters. The van der Waals surface area contributed by atoms with Crippen LogP contribution in [0.25, 0.3) is 0 Å². The van der Waals surface area contributed by atoms with Gasteiger partial charge in [0.15, 0.2) is 0 Å². The first-order valence-electron chi connectivity index (χ1n) is 6.77. The van der Waals surface area contributed by atoms with E-state index < -0.39 is 0 Å². The fourth-order valence-electron chi connectivity index (χ4n) is 2.49. The smallest absolute Gasteiger partial charge is 0.243 e. The number of carbonyl (C=O) groups excluding carboxylic acids is 1. The molecule has 1 saturated heterocycles. The van der Waals surface area contributed by atoms with Crippen LogP contribution in [0.2, 0.25) is 0 Å². The first-order chi connectivity index (χ1) is 9.84. The van der Waals surface area contributed by atoms with Gasteiger partial charge in [0.2, 0.25) is 11.9 Å². The van der Waals surface area contributed by atoms with Crippen LogP contribution in [-0.2, 0) is 11.3 Å². The minimum Gasteiger partial charge on any atom is -0.367 e. The molecule has 1 amide bonds. The molecule has 3 heterocycles. The highest BCUT2D eigenvalue weighted by Gasteiger charge is 2.32. The Balaban J connectivity index is 1.64. The van der Waals surface area contributed by atoms with E-state index in [1.165, 1.54) is 0 Å². The Bertz CT molecular complexity index is 554. The Morgan fingerprint density at radius 1 is 1.45 bits per heavy atom. The minimum atomic E-state index is -0.170. The van der Waals surface area contributed by atoms with Crippen molar-refractivity contribution in [2.75, 3.05) is 11.4 Å². The summed E-state index contributed by atoms with van der Waals surface area (Å²) in [6.07, 6.45) is 8.97. The summed E-state index contributed by atoms with van der Waals surface area (Å²) in [5.41, 5.74) is 1.07. The van der Waals surface area contributed by atoms with Crippen molar-refractivity contribution in [3.05, 3.63) is 42.5 Å². The lowest BCUT2D eigenvalue weighted by Gasteiger charge is -2.23. The second kappa shape index (κ2) is 5.73. The quantitative estimate of drug-likeness (QED) is 0.873. The summed E-state index contributed by atoms with van der Waals surface area (Å²) in [6, 6.07) is 3.56. The molecule has 0 aromatic carbocycles. The predicted molar refractivity (Wildman–Crippen MR) is 75.0 cm³/mol. The SMILES string of the molecule is O=C(NCc1cc[nH]c1)C1CCCN1c1ncccn1. The lowest BCUT2D eigenvalue weighted by molar-refractivity contribution is -0.122. The monoisotopic (exact) mass is 271 g/mol. The zero-order valence-corrected chi connectivity index (χ0v) is 11.1. The number of nitrogens with zero attached hydrogens (tertiary/aromatic N) is 3. The number of hydrogen-bond donors (Lipinski definition) is 2. The second-order valence-electron chi connectivity index (χ2n) is 4.84. The predicted octanol–water partition coefficient (Wildman–Crippen LogP) is 1.09. The Labute approximate surface area is 117 Å². The molecule has 2 aromatic heterocycles. The number of hydrogen-bond acceptors (Lipinski definition) is 4. The van der Waals surface area contributed by atoms with E-state index in [1.54, 1.807) is 18.5 Å². The summed E-state index contributed by atoms with van der Waals surface area (Å²) in [5, 5.41) is 2.97. The van der Waals surface area contributed by atoms with E-state index in [9.17, 15) is 4.79 Å². The molecule has 1 aliphatic heterocycles. The van der Waals surface area contributed by atoms with Gasteiger partial charge in [-0.1, -0.05) is 0 Å². The van der Waals surface area contributed by atoms with Crippen LogP contribution in [0.1, 0.15) is 18.4 Å². The van der Waals surface area contributed by atoms with E-state index in [-0.39, 0.29) is 11.9 Å². The first kappa shape index (κ1) is 12.7. The molecule has 104 valence electrons. The zero-order valence-electron chi connectivity index (χ0n) is 11.1. The molecule has 1 aliphatic rings. The fraction of sp³-hybridized carbons (Fsp3) is 0.357. The number of carbonyl (C=O) groups is 1. The van der Waals surface area contributed by atoms with E-state index in [1.807, 2.05) is 23.4 Å². The van der Waals surface area contributed by atoms with Crippen LogP contribution >= 0.6 is 0 Å². The first-order valence-corrected chi connectivity index (χ1v) is 6.77. The van der Waals surface area contributed by atoms with Crippen LogP contribution in [0.3, 0.4) is 0 Å². The standard InChI is InChI=1S/C14H17N5O/c20-13(18-10-11-4-7-15-9-11)12-3-1-8-19(12)14-16-5-2-6-17-14/h2,4-7,9,12,15H,1,3,8,10H2,(H,18,20). The van der Waals surface area contributed by atoms with Crippen LogP contribution in [0, 0.1) is 0 Å². The third-order valence-corrected chi connectivity index (χ3v) is 3.49. The van der Waals surface area contributed by atoms with Crippen molar-refractivity contribution < 1.29 is 4.79 Å². The van der Waals surface area contributed by atoms with E-state index >= 15 is 0 Å². The van der Waals surface area contributed by atoms with Crippen LogP contribution in [0.4, 0.5) is 5.95 Å². The zero-order chi connectivity index (χ0) is 13.8. The minimum absolute atomic E-state index is 0.0381. The molecule has 2 N–H and O–H groups in total. The fourth-order valence-corrected chi connectivity index (χ4v) is 2.49. The van der Waals surface area contributed by atoms with Crippen LogP contribution in [-0.4, -0.2) is 33.4 Å². The maximum absolute atomic E-state index is 12.3. The molecule has 6 heteroatoms. The van der Waals surface area contributed by atoms with Gasteiger partial charge in [0.1, 0.15) is 6.04 Å². The topological polar surface area (TPSA) is 73.9 Å². The Morgan fingerprint density at radius 3 is 3.05 bits per heavy atom. The summed E-state index contributed by atoms with van der Waals surface area (Å²) in [4.78, 5) is 25.7. The van der Waals surface area contributed by atoms with Gasteiger partial charge in [-0.25, -0.2) is 9.97 Å². The molecule has 0 saturated carbocycles. The Hall–Kier alpha value is -2.37. The third kappa shape index (κ3) is 2.64. The number of aromatic amines is 1. The summed E-state index contributed by atoms with van der Waals surface area (Å²) < 4.78 is 0. The van der Waals surface area contributed by atoms with Crippen LogP contribution in [0.5, 0.6) is 0 Å². The van der Waals surface area contributed by atoms with Crippen molar-refractivity contribution in [3.63, 3.8) is 0 Å². The van der Waals surface area contributed by atoms with E-state index in [0.29, 0.717) is 12.5 Å². The molecule has 3 rings (SSSR count). The highest BCUT2D eigenvalue weighted by Crippen LogP contribution is 2.21. The second-order valence-corrected chi connectivity index (χ2v) is 4.84. The molecular weight excluding hydrogens is 254 g/mol. The van der Waals surface area contributed by atoms with Gasteiger partial charge < -0.3 is 15.2 Å². The Kier molecular flexibility index (Phi) is 3.62. The van der Waals surface area contributed by atoms with Gasteiger partial charge in [0.25, 0.3) is 0 Å². The van der Waals surface area contributed by atoms with Gasteiger partial charge in [0, 0.05) is 37.9 Å². The highest BCUT2D eigenvalue weighted by atomic mass is 16.2. The summed E-state index contributed by atoms with van der Waals surface area (Å²) in [6.45, 7) is 1.37. The largest absolute Gasteiger partial charge is 0.367 e. The molecule has 6 nitrogen and oxygen atoms in total. The van der Waals surface area contributed by atoms with Crippen molar-refractivity contribution in [3.8, 4) is 0 Å². The van der Waals surface area contributed by atoms with Gasteiger partial charge in [-0.3, -0.25) is 4.79 Å². The van der Waals surface area contributed by atoms with Gasteiger partial charge in [-0.05, 0) is 30.5 Å². The van der Waals surface area contributed by atoms with Crippen molar-refractivity contribution in [1.29, 1.82) is 0 Å². The van der Waals surface area contributed by atoms with Crippen LogP contribution in [0.15, 0.2) is 36.9 Å². The molecule has 0 radical (unpaired) electrons. The van der Waals surface area contributed by atoms with E-state index in [0.717, 1.165) is 24.9 Å². The lowest BCUT2D eigenvalue weighted by atomic mass is 10.2. The molecule has 0 aliphatic carbocycles. The molecule has 2 aromatic rings. The number of aromatic nitrogens is 3. The molecule has 20 heavy (non-hydrogen) atoms. The summed E-state index contributed by atoms with van der Waals surface area (Å²) >= 11 is 0. The van der Waals surface area contributed by atoms with Gasteiger partial charge in [0.05, 0.1) is 0 Å². The number of nitrogens with one attached hydrogen (secondary N) is 2. The van der Waals surface area contributed by atoms with Gasteiger partial charge in [-0.2, -0.15) is 0 Å². The summed E-state index contributed by atoms with van der Waals surface area (Å²) in [5.74, 6) is 0.669. The van der Waals surface area contributed by atoms with E-state index in [2.05, 4.69) is 20.3 Å². The Morgan fingerprint density at radius 2 is 2.30 bits per heavy atom. The maximum Gasteiger partial charge on any atom is 0.243 e. The molecular formula is C14H17N5O. The number of H-pyrrole nitrogens is 1. The molecule has 1 fully saturated rings. The average Bonchev–Trinajstić information content (AvgIpc) is 3.17. The van der Waals surface area contributed by atoms with Crippen molar-refractivity contribution in [2.45, 2.75) is 25.4 Å². The number of amides is 1.